The Morgan fingerprint density at radius 1 is 1.47 bits per heavy atom. The van der Waals surface area contributed by atoms with Crippen molar-refractivity contribution >= 4 is 17.2 Å². The summed E-state index contributed by atoms with van der Waals surface area (Å²) in [7, 11) is 0. The van der Waals surface area contributed by atoms with Gasteiger partial charge in [0.25, 0.3) is 5.91 Å². The SMILES string of the molecule is CCCC(O)(CCC)CNC(=O)c1cscn1. The van der Waals surface area contributed by atoms with Gasteiger partial charge in [0.05, 0.1) is 11.1 Å². The summed E-state index contributed by atoms with van der Waals surface area (Å²) >= 11 is 1.39. The van der Waals surface area contributed by atoms with Crippen molar-refractivity contribution in [2.75, 3.05) is 6.54 Å². The summed E-state index contributed by atoms with van der Waals surface area (Å²) in [5.74, 6) is -0.211. The first-order chi connectivity index (χ1) is 8.11. The third-order valence-electron chi connectivity index (χ3n) is 2.67. The van der Waals surface area contributed by atoms with Crippen molar-refractivity contribution in [2.24, 2.45) is 0 Å². The molecule has 1 heterocycles. The van der Waals surface area contributed by atoms with E-state index in [0.29, 0.717) is 25.1 Å². The zero-order valence-electron chi connectivity index (χ0n) is 10.4. The third-order valence-corrected chi connectivity index (χ3v) is 3.26. The van der Waals surface area contributed by atoms with Crippen molar-refractivity contribution in [3.05, 3.63) is 16.6 Å². The summed E-state index contributed by atoms with van der Waals surface area (Å²) in [6.07, 6.45) is 3.22. The van der Waals surface area contributed by atoms with Crippen LogP contribution in [0.15, 0.2) is 10.9 Å². The highest BCUT2D eigenvalue weighted by Gasteiger charge is 2.25. The van der Waals surface area contributed by atoms with E-state index in [4.69, 9.17) is 0 Å². The summed E-state index contributed by atoms with van der Waals surface area (Å²) < 4.78 is 0. The van der Waals surface area contributed by atoms with E-state index in [1.54, 1.807) is 10.9 Å². The first-order valence-electron chi connectivity index (χ1n) is 6.00. The summed E-state index contributed by atoms with van der Waals surface area (Å²) in [6, 6.07) is 0. The Balaban J connectivity index is 2.49. The lowest BCUT2D eigenvalue weighted by Gasteiger charge is -2.27. The number of carbonyl (C=O) groups is 1. The molecule has 0 atom stereocenters. The minimum atomic E-state index is -0.783. The predicted molar refractivity (Wildman–Crippen MR) is 69.2 cm³/mol. The van der Waals surface area contributed by atoms with Crippen LogP contribution in [0.1, 0.15) is 50.0 Å². The molecule has 0 fully saturated rings. The van der Waals surface area contributed by atoms with Crippen LogP contribution in [0.3, 0.4) is 0 Å². The second-order valence-corrected chi connectivity index (χ2v) is 5.00. The van der Waals surface area contributed by atoms with Gasteiger partial charge in [0, 0.05) is 11.9 Å². The van der Waals surface area contributed by atoms with E-state index in [1.165, 1.54) is 11.3 Å². The number of amides is 1. The Morgan fingerprint density at radius 2 is 2.12 bits per heavy atom. The van der Waals surface area contributed by atoms with E-state index < -0.39 is 5.60 Å². The molecule has 4 nitrogen and oxygen atoms in total. The quantitative estimate of drug-likeness (QED) is 0.786. The zero-order valence-corrected chi connectivity index (χ0v) is 11.2. The largest absolute Gasteiger partial charge is 0.388 e. The lowest BCUT2D eigenvalue weighted by molar-refractivity contribution is 0.0212. The highest BCUT2D eigenvalue weighted by Crippen LogP contribution is 2.18. The smallest absolute Gasteiger partial charge is 0.270 e. The van der Waals surface area contributed by atoms with Crippen LogP contribution in [0.25, 0.3) is 0 Å². The maximum atomic E-state index is 11.7. The van der Waals surface area contributed by atoms with Gasteiger partial charge >= 0.3 is 0 Å². The topological polar surface area (TPSA) is 62.2 Å². The van der Waals surface area contributed by atoms with Gasteiger partial charge in [-0.05, 0) is 12.8 Å². The average Bonchev–Trinajstić information content (AvgIpc) is 2.80. The fourth-order valence-corrected chi connectivity index (χ4v) is 2.42. The summed E-state index contributed by atoms with van der Waals surface area (Å²) in [5, 5.41) is 14.8. The standard InChI is InChI=1S/C12H20N2O2S/c1-3-5-12(16,6-4-2)8-13-11(15)10-7-17-9-14-10/h7,9,16H,3-6,8H2,1-2H3,(H,13,15). The minimum absolute atomic E-state index is 0.211. The summed E-state index contributed by atoms with van der Waals surface area (Å²) in [5.41, 5.74) is 1.26. The van der Waals surface area contributed by atoms with Crippen LogP contribution < -0.4 is 5.32 Å². The molecule has 0 spiro atoms. The van der Waals surface area contributed by atoms with Crippen molar-refractivity contribution in [1.29, 1.82) is 0 Å². The van der Waals surface area contributed by atoms with Crippen LogP contribution in [0, 0.1) is 0 Å². The zero-order chi connectivity index (χ0) is 12.7. The first kappa shape index (κ1) is 14.1. The highest BCUT2D eigenvalue weighted by atomic mass is 32.1. The number of thiazole rings is 1. The van der Waals surface area contributed by atoms with Crippen molar-refractivity contribution in [2.45, 2.75) is 45.1 Å². The number of aromatic nitrogens is 1. The van der Waals surface area contributed by atoms with Crippen LogP contribution in [0.4, 0.5) is 0 Å². The predicted octanol–water partition coefficient (Wildman–Crippen LogP) is 2.20. The molecule has 5 heteroatoms. The van der Waals surface area contributed by atoms with E-state index in [0.717, 1.165) is 12.8 Å². The molecule has 0 aliphatic heterocycles. The van der Waals surface area contributed by atoms with E-state index >= 15 is 0 Å². The third kappa shape index (κ3) is 4.44. The first-order valence-corrected chi connectivity index (χ1v) is 6.94. The fraction of sp³-hybridized carbons (Fsp3) is 0.667. The molecule has 2 N–H and O–H groups in total. The van der Waals surface area contributed by atoms with E-state index in [9.17, 15) is 9.90 Å². The van der Waals surface area contributed by atoms with Gasteiger partial charge in [0.15, 0.2) is 0 Å². The molecule has 1 rings (SSSR count). The molecular weight excluding hydrogens is 236 g/mol. The molecule has 1 aromatic heterocycles. The number of nitrogens with zero attached hydrogens (tertiary/aromatic N) is 1. The fourth-order valence-electron chi connectivity index (χ4n) is 1.89. The van der Waals surface area contributed by atoms with Gasteiger partial charge in [0.1, 0.15) is 5.69 Å². The Bertz CT molecular complexity index is 332. The Morgan fingerprint density at radius 3 is 2.59 bits per heavy atom. The molecule has 17 heavy (non-hydrogen) atoms. The van der Waals surface area contributed by atoms with E-state index in [1.807, 2.05) is 13.8 Å². The number of hydrogen-bond donors (Lipinski definition) is 2. The lowest BCUT2D eigenvalue weighted by Crippen LogP contribution is -2.42. The van der Waals surface area contributed by atoms with Crippen molar-refractivity contribution in [1.82, 2.24) is 10.3 Å². The summed E-state index contributed by atoms with van der Waals surface area (Å²) in [6.45, 7) is 4.36. The molecule has 0 radical (unpaired) electrons. The molecule has 0 aromatic carbocycles. The number of nitrogens with one attached hydrogen (secondary N) is 1. The number of hydrogen-bond acceptors (Lipinski definition) is 4. The Kier molecular flexibility index (Phi) is 5.58. The molecule has 0 aliphatic rings. The molecule has 0 aliphatic carbocycles. The van der Waals surface area contributed by atoms with Crippen LogP contribution >= 0.6 is 11.3 Å². The van der Waals surface area contributed by atoms with Gasteiger partial charge in [0.2, 0.25) is 0 Å². The van der Waals surface area contributed by atoms with Crippen LogP contribution in [0.2, 0.25) is 0 Å². The van der Waals surface area contributed by atoms with Gasteiger partial charge in [-0.15, -0.1) is 11.3 Å². The monoisotopic (exact) mass is 256 g/mol. The maximum Gasteiger partial charge on any atom is 0.270 e. The van der Waals surface area contributed by atoms with Crippen LogP contribution in [0.5, 0.6) is 0 Å². The van der Waals surface area contributed by atoms with Gasteiger partial charge in [-0.3, -0.25) is 4.79 Å². The lowest BCUT2D eigenvalue weighted by atomic mass is 9.92. The minimum Gasteiger partial charge on any atom is -0.388 e. The molecule has 1 amide bonds. The van der Waals surface area contributed by atoms with Gasteiger partial charge in [-0.25, -0.2) is 4.98 Å². The van der Waals surface area contributed by atoms with Crippen molar-refractivity contribution < 1.29 is 9.90 Å². The second kappa shape index (κ2) is 6.71. The molecule has 0 bridgehead atoms. The molecule has 96 valence electrons. The normalized spacial score (nSPS) is 11.5. The Labute approximate surface area is 106 Å². The molecular formula is C12H20N2O2S. The van der Waals surface area contributed by atoms with E-state index in [2.05, 4.69) is 10.3 Å². The highest BCUT2D eigenvalue weighted by molar-refractivity contribution is 7.07. The van der Waals surface area contributed by atoms with Crippen molar-refractivity contribution in [3.63, 3.8) is 0 Å². The van der Waals surface area contributed by atoms with E-state index in [-0.39, 0.29) is 5.91 Å². The van der Waals surface area contributed by atoms with Gasteiger partial charge < -0.3 is 10.4 Å². The Hall–Kier alpha value is -0.940. The molecule has 0 saturated heterocycles. The second-order valence-electron chi connectivity index (χ2n) is 4.28. The van der Waals surface area contributed by atoms with Crippen LogP contribution in [-0.4, -0.2) is 28.1 Å². The molecule has 0 unspecified atom stereocenters. The van der Waals surface area contributed by atoms with Crippen LogP contribution in [-0.2, 0) is 0 Å². The van der Waals surface area contributed by atoms with Gasteiger partial charge in [-0.1, -0.05) is 26.7 Å². The van der Waals surface area contributed by atoms with Crippen molar-refractivity contribution in [3.8, 4) is 0 Å². The molecule has 1 aromatic rings. The number of rotatable bonds is 7. The average molecular weight is 256 g/mol. The maximum absolute atomic E-state index is 11.7. The number of carbonyl (C=O) groups excluding carboxylic acids is 1. The van der Waals surface area contributed by atoms with Gasteiger partial charge in [-0.2, -0.15) is 0 Å². The summed E-state index contributed by atoms with van der Waals surface area (Å²) in [4.78, 5) is 15.6. The molecule has 0 saturated carbocycles. The number of aliphatic hydroxyl groups is 1.